The van der Waals surface area contributed by atoms with Gasteiger partial charge in [0.2, 0.25) is 5.91 Å². The van der Waals surface area contributed by atoms with Gasteiger partial charge in [0.05, 0.1) is 22.5 Å². The Balaban J connectivity index is 1.48. The van der Waals surface area contributed by atoms with E-state index in [0.29, 0.717) is 22.9 Å². The third kappa shape index (κ3) is 4.33. The van der Waals surface area contributed by atoms with Crippen molar-refractivity contribution in [1.82, 2.24) is 25.1 Å². The number of hydrogen-bond donors (Lipinski definition) is 1. The number of rotatable bonds is 6. The van der Waals surface area contributed by atoms with Crippen LogP contribution in [0.15, 0.2) is 66.1 Å². The van der Waals surface area contributed by atoms with E-state index in [4.69, 9.17) is 0 Å². The molecule has 0 radical (unpaired) electrons. The molecule has 1 amide bonds. The number of carbonyl (C=O) groups is 1. The van der Waals surface area contributed by atoms with Crippen LogP contribution in [0.1, 0.15) is 18.1 Å². The van der Waals surface area contributed by atoms with Crippen LogP contribution >= 0.6 is 11.8 Å². The van der Waals surface area contributed by atoms with Gasteiger partial charge in [-0.1, -0.05) is 41.6 Å². The lowest BCUT2D eigenvalue weighted by Crippen LogP contribution is -2.30. The zero-order valence-corrected chi connectivity index (χ0v) is 17.4. The Morgan fingerprint density at radius 3 is 2.60 bits per heavy atom. The Bertz CT molecular complexity index is 1170. The molecule has 152 valence electrons. The van der Waals surface area contributed by atoms with Gasteiger partial charge in [0.25, 0.3) is 0 Å². The lowest BCUT2D eigenvalue weighted by atomic mass is 10.1. The maximum atomic E-state index is 13.2. The van der Waals surface area contributed by atoms with E-state index in [1.807, 2.05) is 38.1 Å². The molecule has 1 atom stereocenters. The maximum absolute atomic E-state index is 13.2. The van der Waals surface area contributed by atoms with Crippen molar-refractivity contribution in [1.29, 1.82) is 0 Å². The van der Waals surface area contributed by atoms with Gasteiger partial charge in [-0.15, -0.1) is 0 Å². The van der Waals surface area contributed by atoms with E-state index in [0.717, 1.165) is 10.9 Å². The third-order valence-electron chi connectivity index (χ3n) is 4.65. The molecule has 1 N–H and O–H groups in total. The average molecular weight is 422 g/mol. The number of thioether (sulfide) groups is 1. The minimum absolute atomic E-state index is 0.0711. The van der Waals surface area contributed by atoms with Crippen molar-refractivity contribution >= 4 is 28.7 Å². The van der Waals surface area contributed by atoms with E-state index in [1.54, 1.807) is 23.0 Å². The fourth-order valence-electron chi connectivity index (χ4n) is 2.95. The average Bonchev–Trinajstić information content (AvgIpc) is 3.19. The van der Waals surface area contributed by atoms with Crippen molar-refractivity contribution in [3.8, 4) is 5.69 Å². The van der Waals surface area contributed by atoms with Gasteiger partial charge in [0.15, 0.2) is 5.65 Å². The topological polar surface area (TPSA) is 72.7 Å². The number of nitrogens with one attached hydrogen (secondary N) is 1. The summed E-state index contributed by atoms with van der Waals surface area (Å²) in [6.07, 6.45) is 3.11. The van der Waals surface area contributed by atoms with Gasteiger partial charge in [0, 0.05) is 6.54 Å². The first-order valence-corrected chi connectivity index (χ1v) is 10.3. The van der Waals surface area contributed by atoms with E-state index in [1.165, 1.54) is 35.8 Å². The lowest BCUT2D eigenvalue weighted by molar-refractivity contribution is -0.120. The summed E-state index contributed by atoms with van der Waals surface area (Å²) in [6, 6.07) is 14.1. The minimum Gasteiger partial charge on any atom is -0.351 e. The number of nitrogens with zero attached hydrogens (tertiary/aromatic N) is 4. The van der Waals surface area contributed by atoms with E-state index in [9.17, 15) is 9.18 Å². The van der Waals surface area contributed by atoms with E-state index < -0.39 is 0 Å². The molecule has 0 bridgehead atoms. The Labute approximate surface area is 177 Å². The van der Waals surface area contributed by atoms with E-state index >= 15 is 0 Å². The normalized spacial score (nSPS) is 12.1. The fourth-order valence-corrected chi connectivity index (χ4v) is 3.85. The fraction of sp³-hybridized carbons (Fsp3) is 0.182. The number of amides is 1. The van der Waals surface area contributed by atoms with E-state index in [2.05, 4.69) is 20.4 Å². The SMILES string of the molecule is Cc1ccc(CNC(=O)C(C)Sc2ncnc3c2cnn3-c2ccc(F)cc2)cc1. The van der Waals surface area contributed by atoms with E-state index in [-0.39, 0.29) is 17.0 Å². The van der Waals surface area contributed by atoms with Crippen LogP contribution in [0.2, 0.25) is 0 Å². The molecule has 0 saturated heterocycles. The Morgan fingerprint density at radius 2 is 1.87 bits per heavy atom. The van der Waals surface area contributed by atoms with Gasteiger partial charge in [-0.05, 0) is 43.7 Å². The van der Waals surface area contributed by atoms with Crippen molar-refractivity contribution < 1.29 is 9.18 Å². The van der Waals surface area contributed by atoms with Crippen molar-refractivity contribution in [3.63, 3.8) is 0 Å². The Hall–Kier alpha value is -3.26. The zero-order valence-electron chi connectivity index (χ0n) is 16.5. The van der Waals surface area contributed by atoms with Crippen molar-refractivity contribution in [3.05, 3.63) is 78.0 Å². The molecule has 1 unspecified atom stereocenters. The molecule has 6 nitrogen and oxygen atoms in total. The summed E-state index contributed by atoms with van der Waals surface area (Å²) >= 11 is 1.35. The first kappa shape index (κ1) is 20.0. The number of fused-ring (bicyclic) bond motifs is 1. The number of hydrogen-bond acceptors (Lipinski definition) is 5. The summed E-state index contributed by atoms with van der Waals surface area (Å²) in [6.45, 7) is 4.35. The molecule has 2 aromatic heterocycles. The molecule has 0 aliphatic heterocycles. The highest BCUT2D eigenvalue weighted by molar-refractivity contribution is 8.00. The summed E-state index contributed by atoms with van der Waals surface area (Å²) in [7, 11) is 0. The molecule has 30 heavy (non-hydrogen) atoms. The number of halogens is 1. The third-order valence-corrected chi connectivity index (χ3v) is 5.76. The monoisotopic (exact) mass is 421 g/mol. The van der Waals surface area contributed by atoms with Gasteiger partial charge in [-0.25, -0.2) is 19.0 Å². The minimum atomic E-state index is -0.345. The lowest BCUT2D eigenvalue weighted by Gasteiger charge is -2.12. The summed E-state index contributed by atoms with van der Waals surface area (Å²) in [5.41, 5.74) is 3.54. The first-order valence-electron chi connectivity index (χ1n) is 9.46. The van der Waals surface area contributed by atoms with Crippen molar-refractivity contribution in [2.45, 2.75) is 30.7 Å². The van der Waals surface area contributed by atoms with Crippen molar-refractivity contribution in [2.75, 3.05) is 0 Å². The van der Waals surface area contributed by atoms with Crippen LogP contribution in [0.3, 0.4) is 0 Å². The zero-order chi connectivity index (χ0) is 21.1. The van der Waals surface area contributed by atoms with Crippen LogP contribution in [0.5, 0.6) is 0 Å². The molecular weight excluding hydrogens is 401 g/mol. The summed E-state index contributed by atoms with van der Waals surface area (Å²) < 4.78 is 14.8. The number of carbonyl (C=O) groups excluding carboxylic acids is 1. The van der Waals surface area contributed by atoms with Crippen LogP contribution < -0.4 is 5.32 Å². The molecule has 0 aliphatic rings. The molecule has 2 aromatic carbocycles. The Morgan fingerprint density at radius 1 is 1.13 bits per heavy atom. The smallest absolute Gasteiger partial charge is 0.233 e. The molecule has 0 fully saturated rings. The van der Waals surface area contributed by atoms with Gasteiger partial charge >= 0.3 is 0 Å². The van der Waals surface area contributed by atoms with Crippen LogP contribution in [0.25, 0.3) is 16.7 Å². The van der Waals surface area contributed by atoms with Gasteiger partial charge in [-0.2, -0.15) is 5.10 Å². The van der Waals surface area contributed by atoms with Crippen LogP contribution in [0, 0.1) is 12.7 Å². The van der Waals surface area contributed by atoms with Gasteiger partial charge in [-0.3, -0.25) is 4.79 Å². The molecule has 4 aromatic rings. The van der Waals surface area contributed by atoms with Crippen LogP contribution in [0.4, 0.5) is 4.39 Å². The number of aryl methyl sites for hydroxylation is 1. The second kappa shape index (κ2) is 8.62. The largest absolute Gasteiger partial charge is 0.351 e. The molecule has 0 saturated carbocycles. The first-order chi connectivity index (χ1) is 14.5. The predicted octanol–water partition coefficient (Wildman–Crippen LogP) is 4.06. The molecular formula is C22H20FN5OS. The van der Waals surface area contributed by atoms with Crippen LogP contribution in [-0.4, -0.2) is 30.9 Å². The quantitative estimate of drug-likeness (QED) is 0.375. The summed E-state index contributed by atoms with van der Waals surface area (Å²) in [5, 5.41) is 8.40. The second-order valence-corrected chi connectivity index (χ2v) is 8.24. The highest BCUT2D eigenvalue weighted by Gasteiger charge is 2.18. The van der Waals surface area contributed by atoms with Crippen molar-refractivity contribution in [2.24, 2.45) is 0 Å². The Kier molecular flexibility index (Phi) is 5.76. The molecule has 0 aliphatic carbocycles. The molecule has 0 spiro atoms. The molecule has 2 heterocycles. The van der Waals surface area contributed by atoms with Crippen LogP contribution in [-0.2, 0) is 11.3 Å². The number of benzene rings is 2. The highest BCUT2D eigenvalue weighted by atomic mass is 32.2. The predicted molar refractivity (Wildman–Crippen MR) is 115 cm³/mol. The molecule has 8 heteroatoms. The van der Waals surface area contributed by atoms with Gasteiger partial charge in [0.1, 0.15) is 17.2 Å². The summed E-state index contributed by atoms with van der Waals surface area (Å²) in [5.74, 6) is -0.384. The van der Waals surface area contributed by atoms with Gasteiger partial charge < -0.3 is 5.32 Å². The highest BCUT2D eigenvalue weighted by Crippen LogP contribution is 2.29. The number of aromatic nitrogens is 4. The maximum Gasteiger partial charge on any atom is 0.233 e. The standard InChI is InChI=1S/C22H20FN5OS/c1-14-3-5-16(6-4-14)11-24-21(29)15(2)30-22-19-12-27-28(20(19)25-13-26-22)18-9-7-17(23)8-10-18/h3-10,12-13,15H,11H2,1-2H3,(H,24,29). The molecule has 4 rings (SSSR count). The summed E-state index contributed by atoms with van der Waals surface area (Å²) in [4.78, 5) is 21.2. The second-order valence-electron chi connectivity index (χ2n) is 6.91.